The molecule has 24 heavy (non-hydrogen) atoms. The molecule has 2 aromatic rings. The molecule has 1 amide bonds. The predicted octanol–water partition coefficient (Wildman–Crippen LogP) is 4.55. The van der Waals surface area contributed by atoms with E-state index in [-0.39, 0.29) is 5.91 Å². The quantitative estimate of drug-likeness (QED) is 0.803. The number of halogens is 1. The van der Waals surface area contributed by atoms with Crippen LogP contribution in [-0.2, 0) is 0 Å². The van der Waals surface area contributed by atoms with Crippen molar-refractivity contribution < 1.29 is 4.79 Å². The highest BCUT2D eigenvalue weighted by Gasteiger charge is 2.20. The van der Waals surface area contributed by atoms with Gasteiger partial charge in [0, 0.05) is 28.9 Å². The molecule has 1 saturated heterocycles. The molecule has 0 aliphatic carbocycles. The first kappa shape index (κ1) is 16.7. The molecule has 4 nitrogen and oxygen atoms in total. The fourth-order valence-electron chi connectivity index (χ4n) is 3.15. The fraction of sp³-hybridized carbons (Fsp3) is 0.316. The van der Waals surface area contributed by atoms with E-state index < -0.39 is 0 Å². The Morgan fingerprint density at radius 1 is 1.21 bits per heavy atom. The Bertz CT molecular complexity index is 730. The molecule has 1 aliphatic rings. The first-order valence-corrected chi connectivity index (χ1v) is 8.65. The van der Waals surface area contributed by atoms with Gasteiger partial charge in [0.15, 0.2) is 0 Å². The van der Waals surface area contributed by atoms with E-state index in [4.69, 9.17) is 17.3 Å². The number of benzene rings is 2. The van der Waals surface area contributed by atoms with E-state index in [0.717, 1.165) is 12.2 Å². The Morgan fingerprint density at radius 2 is 1.96 bits per heavy atom. The van der Waals surface area contributed by atoms with Crippen molar-refractivity contribution in [3.8, 4) is 0 Å². The molecule has 0 aromatic heterocycles. The molecular formula is C19H22ClN3O. The van der Waals surface area contributed by atoms with Crippen LogP contribution in [0.4, 0.5) is 17.1 Å². The molecule has 1 atom stereocenters. The number of rotatable bonds is 3. The van der Waals surface area contributed by atoms with E-state index in [9.17, 15) is 4.79 Å². The summed E-state index contributed by atoms with van der Waals surface area (Å²) >= 11 is 5.85. The zero-order valence-electron chi connectivity index (χ0n) is 13.8. The standard InChI is InChI=1S/C19H22ClN3O/c1-13-4-2-3-11-23(13)18-10-9-16(12-17(18)21)22-19(24)14-5-7-15(20)8-6-14/h5-10,12-13H,2-4,11,21H2,1H3,(H,22,24). The number of carbonyl (C=O) groups is 1. The first-order valence-electron chi connectivity index (χ1n) is 8.27. The Morgan fingerprint density at radius 3 is 2.62 bits per heavy atom. The third kappa shape index (κ3) is 3.65. The topological polar surface area (TPSA) is 58.4 Å². The Labute approximate surface area is 147 Å². The van der Waals surface area contributed by atoms with Gasteiger partial charge in [-0.25, -0.2) is 0 Å². The van der Waals surface area contributed by atoms with Gasteiger partial charge in [0.1, 0.15) is 0 Å². The summed E-state index contributed by atoms with van der Waals surface area (Å²) in [5.74, 6) is -0.176. The minimum absolute atomic E-state index is 0.176. The van der Waals surface area contributed by atoms with Crippen LogP contribution in [-0.4, -0.2) is 18.5 Å². The van der Waals surface area contributed by atoms with Crippen LogP contribution in [0.25, 0.3) is 0 Å². The maximum absolute atomic E-state index is 12.3. The van der Waals surface area contributed by atoms with Gasteiger partial charge in [0.25, 0.3) is 5.91 Å². The van der Waals surface area contributed by atoms with Gasteiger partial charge in [0.2, 0.25) is 0 Å². The molecule has 0 spiro atoms. The van der Waals surface area contributed by atoms with Gasteiger partial charge < -0.3 is 16.0 Å². The number of nitrogen functional groups attached to an aromatic ring is 1. The number of anilines is 3. The van der Waals surface area contributed by atoms with Gasteiger partial charge in [-0.2, -0.15) is 0 Å². The highest BCUT2D eigenvalue weighted by atomic mass is 35.5. The van der Waals surface area contributed by atoms with Crippen LogP contribution in [0.2, 0.25) is 5.02 Å². The van der Waals surface area contributed by atoms with Gasteiger partial charge in [-0.1, -0.05) is 11.6 Å². The zero-order chi connectivity index (χ0) is 17.1. The molecule has 1 aliphatic heterocycles. The summed E-state index contributed by atoms with van der Waals surface area (Å²) < 4.78 is 0. The van der Waals surface area contributed by atoms with E-state index >= 15 is 0 Å². The van der Waals surface area contributed by atoms with Crippen molar-refractivity contribution >= 4 is 34.6 Å². The molecule has 0 radical (unpaired) electrons. The van der Waals surface area contributed by atoms with Gasteiger partial charge in [0.05, 0.1) is 11.4 Å². The van der Waals surface area contributed by atoms with Crippen molar-refractivity contribution in [2.45, 2.75) is 32.2 Å². The molecule has 1 heterocycles. The molecule has 1 fully saturated rings. The predicted molar refractivity (Wildman–Crippen MR) is 101 cm³/mol. The summed E-state index contributed by atoms with van der Waals surface area (Å²) in [6.45, 7) is 3.26. The summed E-state index contributed by atoms with van der Waals surface area (Å²) in [7, 11) is 0. The second kappa shape index (κ2) is 7.14. The van der Waals surface area contributed by atoms with Crippen molar-refractivity contribution in [1.82, 2.24) is 0 Å². The third-order valence-corrected chi connectivity index (χ3v) is 4.76. The third-order valence-electron chi connectivity index (χ3n) is 4.50. The Balaban J connectivity index is 1.74. The average Bonchev–Trinajstić information content (AvgIpc) is 2.56. The van der Waals surface area contributed by atoms with Gasteiger partial charge in [-0.05, 0) is 68.7 Å². The van der Waals surface area contributed by atoms with Crippen molar-refractivity contribution in [2.24, 2.45) is 0 Å². The lowest BCUT2D eigenvalue weighted by Gasteiger charge is -2.36. The van der Waals surface area contributed by atoms with E-state index in [1.807, 2.05) is 18.2 Å². The van der Waals surface area contributed by atoms with Crippen molar-refractivity contribution in [1.29, 1.82) is 0 Å². The van der Waals surface area contributed by atoms with Crippen molar-refractivity contribution in [3.05, 3.63) is 53.1 Å². The van der Waals surface area contributed by atoms with Crippen LogP contribution in [0.15, 0.2) is 42.5 Å². The summed E-state index contributed by atoms with van der Waals surface area (Å²) in [6, 6.07) is 13.0. The largest absolute Gasteiger partial charge is 0.397 e. The molecular weight excluding hydrogens is 322 g/mol. The van der Waals surface area contributed by atoms with Crippen LogP contribution in [0.1, 0.15) is 36.5 Å². The van der Waals surface area contributed by atoms with Crippen LogP contribution in [0.3, 0.4) is 0 Å². The van der Waals surface area contributed by atoms with Gasteiger partial charge in [-0.15, -0.1) is 0 Å². The van der Waals surface area contributed by atoms with E-state index in [1.54, 1.807) is 24.3 Å². The smallest absolute Gasteiger partial charge is 0.255 e. The molecule has 0 bridgehead atoms. The highest BCUT2D eigenvalue weighted by molar-refractivity contribution is 6.30. The molecule has 126 valence electrons. The Hall–Kier alpha value is -2.20. The highest BCUT2D eigenvalue weighted by Crippen LogP contribution is 2.31. The number of carbonyl (C=O) groups excluding carboxylic acids is 1. The SMILES string of the molecule is CC1CCCCN1c1ccc(NC(=O)c2ccc(Cl)cc2)cc1N. The second-order valence-electron chi connectivity index (χ2n) is 6.27. The van der Waals surface area contributed by atoms with Crippen LogP contribution in [0.5, 0.6) is 0 Å². The maximum Gasteiger partial charge on any atom is 0.255 e. The molecule has 5 heteroatoms. The first-order chi connectivity index (χ1) is 11.5. The van der Waals surface area contributed by atoms with Crippen molar-refractivity contribution in [2.75, 3.05) is 22.5 Å². The van der Waals surface area contributed by atoms with E-state index in [2.05, 4.69) is 17.1 Å². The summed E-state index contributed by atoms with van der Waals surface area (Å²) in [5, 5.41) is 3.49. The van der Waals surface area contributed by atoms with Crippen LogP contribution in [0, 0.1) is 0 Å². The number of hydrogen-bond acceptors (Lipinski definition) is 3. The number of nitrogens with zero attached hydrogens (tertiary/aromatic N) is 1. The number of nitrogens with one attached hydrogen (secondary N) is 1. The van der Waals surface area contributed by atoms with Gasteiger partial charge in [-0.3, -0.25) is 4.79 Å². The fourth-order valence-corrected chi connectivity index (χ4v) is 3.28. The lowest BCUT2D eigenvalue weighted by molar-refractivity contribution is 0.102. The molecule has 3 N–H and O–H groups in total. The minimum Gasteiger partial charge on any atom is -0.397 e. The normalized spacial score (nSPS) is 17.6. The van der Waals surface area contributed by atoms with E-state index in [1.165, 1.54) is 19.3 Å². The summed E-state index contributed by atoms with van der Waals surface area (Å²) in [4.78, 5) is 14.6. The number of piperidine rings is 1. The minimum atomic E-state index is -0.176. The molecule has 2 aromatic carbocycles. The summed E-state index contributed by atoms with van der Waals surface area (Å²) in [6.07, 6.45) is 3.65. The Kier molecular flexibility index (Phi) is 4.95. The average molecular weight is 344 g/mol. The lowest BCUT2D eigenvalue weighted by Crippen LogP contribution is -2.37. The molecule has 1 unspecified atom stereocenters. The number of amides is 1. The number of nitrogens with two attached hydrogens (primary N) is 1. The number of hydrogen-bond donors (Lipinski definition) is 2. The van der Waals surface area contributed by atoms with E-state index in [0.29, 0.717) is 28.0 Å². The van der Waals surface area contributed by atoms with Crippen LogP contribution < -0.4 is 16.0 Å². The van der Waals surface area contributed by atoms with Gasteiger partial charge >= 0.3 is 0 Å². The van der Waals surface area contributed by atoms with Crippen molar-refractivity contribution in [3.63, 3.8) is 0 Å². The lowest BCUT2D eigenvalue weighted by atomic mass is 10.0. The maximum atomic E-state index is 12.3. The summed E-state index contributed by atoms with van der Waals surface area (Å²) in [5.41, 5.74) is 9.24. The zero-order valence-corrected chi connectivity index (χ0v) is 14.5. The second-order valence-corrected chi connectivity index (χ2v) is 6.71. The van der Waals surface area contributed by atoms with Crippen LogP contribution >= 0.6 is 11.6 Å². The molecule has 3 rings (SSSR count). The molecule has 0 saturated carbocycles. The monoisotopic (exact) mass is 343 g/mol.